The van der Waals surface area contributed by atoms with E-state index in [0.717, 1.165) is 42.6 Å². The summed E-state index contributed by atoms with van der Waals surface area (Å²) in [5.74, 6) is 3.07. The van der Waals surface area contributed by atoms with E-state index in [2.05, 4.69) is 21.5 Å². The Hall–Kier alpha value is -2.18. The van der Waals surface area contributed by atoms with Crippen molar-refractivity contribution in [2.75, 3.05) is 5.32 Å². The van der Waals surface area contributed by atoms with Crippen LogP contribution in [0.25, 0.3) is 5.65 Å². The maximum Gasteiger partial charge on any atom is 0.193 e. The number of nitrogens with two attached hydrogens (primary N) is 1. The highest BCUT2D eigenvalue weighted by Crippen LogP contribution is 2.54. The summed E-state index contributed by atoms with van der Waals surface area (Å²) in [7, 11) is 0. The third kappa shape index (κ3) is 3.39. The maximum absolute atomic E-state index is 14.3. The van der Waals surface area contributed by atoms with Crippen LogP contribution < -0.4 is 11.1 Å². The van der Waals surface area contributed by atoms with Gasteiger partial charge in [0.1, 0.15) is 5.82 Å². The Morgan fingerprint density at radius 2 is 2.00 bits per heavy atom. The molecule has 0 aromatic carbocycles. The standard InChI is InChI=1S/C20H27FN6/c1-11(22)24-14-6-7-15(8-14)25-18-9-17(19(12-2-3-12)13-4-5-13)26-20-16(21)10-23-27(18)20/h9-10,12-15,19,25H,2-8H2,1H3,(H2,22,24)/t14-,15-/m0/s1. The average molecular weight is 370 g/mol. The molecular weight excluding hydrogens is 343 g/mol. The predicted octanol–water partition coefficient (Wildman–Crippen LogP) is 3.48. The number of aliphatic imine (C=N–C) groups is 1. The smallest absolute Gasteiger partial charge is 0.193 e. The van der Waals surface area contributed by atoms with E-state index in [-0.39, 0.29) is 11.9 Å². The Morgan fingerprint density at radius 3 is 2.67 bits per heavy atom. The molecule has 3 aliphatic rings. The summed E-state index contributed by atoms with van der Waals surface area (Å²) in [5.41, 5.74) is 7.12. The topological polar surface area (TPSA) is 80.6 Å². The fraction of sp³-hybridized carbons (Fsp3) is 0.650. The molecule has 0 bridgehead atoms. The molecule has 2 heterocycles. The number of hydrogen-bond donors (Lipinski definition) is 2. The highest BCUT2D eigenvalue weighted by molar-refractivity contribution is 5.77. The number of amidine groups is 1. The lowest BCUT2D eigenvalue weighted by Gasteiger charge is -2.19. The molecule has 2 aromatic heterocycles. The average Bonchev–Trinajstić information content (AvgIpc) is 3.55. The van der Waals surface area contributed by atoms with E-state index in [1.54, 1.807) is 4.52 Å². The third-order valence-electron chi connectivity index (χ3n) is 6.19. The number of nitrogens with one attached hydrogen (secondary N) is 1. The van der Waals surface area contributed by atoms with Crippen LogP contribution in [0.2, 0.25) is 0 Å². The molecule has 2 aromatic rings. The van der Waals surface area contributed by atoms with Gasteiger partial charge in [0.25, 0.3) is 0 Å². The van der Waals surface area contributed by atoms with E-state index in [4.69, 9.17) is 10.7 Å². The fourth-order valence-electron chi connectivity index (χ4n) is 4.71. The second-order valence-electron chi connectivity index (χ2n) is 8.57. The Bertz CT molecular complexity index is 866. The van der Waals surface area contributed by atoms with Gasteiger partial charge in [-0.15, -0.1) is 0 Å². The summed E-state index contributed by atoms with van der Waals surface area (Å²) in [5, 5.41) is 7.82. The SMILES string of the molecule is CC(N)=N[C@H]1CC[C@H](Nc2cc(C(C3CC3)C3CC3)nc3c(F)cnn23)C1. The number of fused-ring (bicyclic) bond motifs is 1. The van der Waals surface area contributed by atoms with Crippen molar-refractivity contribution < 1.29 is 4.39 Å². The van der Waals surface area contributed by atoms with Gasteiger partial charge in [-0.3, -0.25) is 4.99 Å². The Kier molecular flexibility index (Phi) is 4.06. The highest BCUT2D eigenvalue weighted by Gasteiger charge is 2.43. The molecule has 6 nitrogen and oxygen atoms in total. The lowest BCUT2D eigenvalue weighted by Crippen LogP contribution is -2.20. The highest BCUT2D eigenvalue weighted by atomic mass is 19.1. The molecule has 27 heavy (non-hydrogen) atoms. The van der Waals surface area contributed by atoms with Crippen LogP contribution in [0.1, 0.15) is 63.5 Å². The van der Waals surface area contributed by atoms with Crippen molar-refractivity contribution in [3.8, 4) is 0 Å². The zero-order valence-corrected chi connectivity index (χ0v) is 15.7. The first-order valence-electron chi connectivity index (χ1n) is 10.2. The van der Waals surface area contributed by atoms with Crippen molar-refractivity contribution in [2.24, 2.45) is 22.6 Å². The van der Waals surface area contributed by atoms with Gasteiger partial charge >= 0.3 is 0 Å². The zero-order chi connectivity index (χ0) is 18.5. The van der Waals surface area contributed by atoms with Crippen LogP contribution in [-0.2, 0) is 0 Å². The van der Waals surface area contributed by atoms with Gasteiger partial charge in [0.2, 0.25) is 0 Å². The van der Waals surface area contributed by atoms with Gasteiger partial charge in [0, 0.05) is 18.0 Å². The Balaban J connectivity index is 1.45. The first kappa shape index (κ1) is 17.0. The van der Waals surface area contributed by atoms with Gasteiger partial charge in [0.15, 0.2) is 11.5 Å². The number of nitrogens with zero attached hydrogens (tertiary/aromatic N) is 4. The molecule has 0 amide bonds. The maximum atomic E-state index is 14.3. The Morgan fingerprint density at radius 1 is 1.26 bits per heavy atom. The van der Waals surface area contributed by atoms with Crippen LogP contribution in [0, 0.1) is 17.7 Å². The van der Waals surface area contributed by atoms with Gasteiger partial charge in [-0.25, -0.2) is 9.37 Å². The van der Waals surface area contributed by atoms with Gasteiger partial charge in [-0.1, -0.05) is 0 Å². The number of hydrogen-bond acceptors (Lipinski definition) is 4. The molecular formula is C20H27FN6. The molecule has 0 aliphatic heterocycles. The van der Waals surface area contributed by atoms with E-state index in [9.17, 15) is 4.39 Å². The van der Waals surface area contributed by atoms with Crippen LogP contribution >= 0.6 is 0 Å². The lowest BCUT2D eigenvalue weighted by atomic mass is 9.93. The van der Waals surface area contributed by atoms with Crippen molar-refractivity contribution in [3.05, 3.63) is 23.8 Å². The van der Waals surface area contributed by atoms with Crippen LogP contribution in [0.5, 0.6) is 0 Å². The third-order valence-corrected chi connectivity index (χ3v) is 6.19. The second-order valence-corrected chi connectivity index (χ2v) is 8.57. The van der Waals surface area contributed by atoms with Crippen molar-refractivity contribution in [3.63, 3.8) is 0 Å². The number of aromatic nitrogens is 3. The second kappa shape index (κ2) is 6.46. The van der Waals surface area contributed by atoms with Crippen molar-refractivity contribution in [2.45, 2.75) is 69.9 Å². The van der Waals surface area contributed by atoms with Crippen LogP contribution in [0.4, 0.5) is 10.2 Å². The lowest BCUT2D eigenvalue weighted by molar-refractivity contribution is 0.523. The molecule has 3 aliphatic carbocycles. The minimum Gasteiger partial charge on any atom is -0.388 e. The summed E-state index contributed by atoms with van der Waals surface area (Å²) in [6, 6.07) is 2.68. The summed E-state index contributed by atoms with van der Waals surface area (Å²) in [6.45, 7) is 1.84. The normalized spacial score (nSPS) is 26.3. The van der Waals surface area contributed by atoms with Crippen molar-refractivity contribution >= 4 is 17.3 Å². The predicted molar refractivity (Wildman–Crippen MR) is 103 cm³/mol. The van der Waals surface area contributed by atoms with Gasteiger partial charge in [0.05, 0.1) is 23.8 Å². The first-order chi connectivity index (χ1) is 13.1. The minimum atomic E-state index is -0.349. The summed E-state index contributed by atoms with van der Waals surface area (Å²) in [6.07, 6.45) is 9.36. The van der Waals surface area contributed by atoms with Crippen LogP contribution in [0.15, 0.2) is 17.3 Å². The van der Waals surface area contributed by atoms with Crippen LogP contribution in [0.3, 0.4) is 0 Å². The van der Waals surface area contributed by atoms with Gasteiger partial charge < -0.3 is 11.1 Å². The molecule has 3 saturated carbocycles. The van der Waals surface area contributed by atoms with Crippen LogP contribution in [-0.4, -0.2) is 32.5 Å². The molecule has 3 fully saturated rings. The molecule has 0 saturated heterocycles. The van der Waals surface area contributed by atoms with E-state index < -0.39 is 0 Å². The molecule has 0 radical (unpaired) electrons. The monoisotopic (exact) mass is 370 g/mol. The fourth-order valence-corrected chi connectivity index (χ4v) is 4.71. The van der Waals surface area contributed by atoms with Gasteiger partial charge in [-0.05, 0) is 63.7 Å². The Labute approximate surface area is 158 Å². The number of rotatable bonds is 6. The summed E-state index contributed by atoms with van der Waals surface area (Å²) in [4.78, 5) is 9.20. The summed E-state index contributed by atoms with van der Waals surface area (Å²) < 4.78 is 15.9. The molecule has 2 atom stereocenters. The number of halogens is 1. The molecule has 3 N–H and O–H groups in total. The molecule has 0 unspecified atom stereocenters. The molecule has 5 rings (SSSR count). The zero-order valence-electron chi connectivity index (χ0n) is 15.7. The summed E-state index contributed by atoms with van der Waals surface area (Å²) >= 11 is 0. The van der Waals surface area contributed by atoms with Crippen molar-refractivity contribution in [1.82, 2.24) is 14.6 Å². The molecule has 0 spiro atoms. The van der Waals surface area contributed by atoms with E-state index >= 15 is 0 Å². The van der Waals surface area contributed by atoms with E-state index in [0.29, 0.717) is 23.4 Å². The van der Waals surface area contributed by atoms with E-state index in [1.807, 2.05) is 6.92 Å². The molecule has 144 valence electrons. The van der Waals surface area contributed by atoms with E-state index in [1.165, 1.54) is 31.9 Å². The molecule has 7 heteroatoms. The van der Waals surface area contributed by atoms with Gasteiger partial charge in [-0.2, -0.15) is 9.61 Å². The minimum absolute atomic E-state index is 0.268. The first-order valence-corrected chi connectivity index (χ1v) is 10.2. The van der Waals surface area contributed by atoms with Crippen molar-refractivity contribution in [1.29, 1.82) is 0 Å². The number of anilines is 1. The quantitative estimate of drug-likeness (QED) is 0.603. The largest absolute Gasteiger partial charge is 0.388 e.